The van der Waals surface area contributed by atoms with Crippen molar-refractivity contribution in [2.24, 2.45) is 5.92 Å². The molecule has 1 aliphatic rings. The fraction of sp³-hybridized carbons (Fsp3) is 0.625. The lowest BCUT2D eigenvalue weighted by atomic mass is 9.95. The smallest absolute Gasteiger partial charge is 0.269 e. The lowest BCUT2D eigenvalue weighted by molar-refractivity contribution is -0.384. The average molecular weight is 291 g/mol. The van der Waals surface area contributed by atoms with E-state index in [4.69, 9.17) is 0 Å². The van der Waals surface area contributed by atoms with Crippen molar-refractivity contribution in [2.45, 2.75) is 32.7 Å². The number of piperazine rings is 1. The zero-order chi connectivity index (χ0) is 15.2. The van der Waals surface area contributed by atoms with Gasteiger partial charge in [0.15, 0.2) is 0 Å². The predicted molar refractivity (Wildman–Crippen MR) is 84.4 cm³/mol. The van der Waals surface area contributed by atoms with Gasteiger partial charge in [0.1, 0.15) is 0 Å². The Morgan fingerprint density at radius 2 is 1.81 bits per heavy atom. The van der Waals surface area contributed by atoms with Gasteiger partial charge in [-0.3, -0.25) is 15.0 Å². The van der Waals surface area contributed by atoms with E-state index in [1.807, 2.05) is 12.1 Å². The molecule has 5 heteroatoms. The highest BCUT2D eigenvalue weighted by Gasteiger charge is 2.22. The second kappa shape index (κ2) is 7.52. The number of nitro benzene ring substituents is 1. The summed E-state index contributed by atoms with van der Waals surface area (Å²) in [5.41, 5.74) is 1.37. The third-order valence-corrected chi connectivity index (χ3v) is 4.10. The number of rotatable bonds is 6. The van der Waals surface area contributed by atoms with E-state index in [1.165, 1.54) is 12.0 Å². The molecule has 116 valence electrons. The minimum atomic E-state index is -0.336. The molecule has 1 aromatic rings. The van der Waals surface area contributed by atoms with Crippen LogP contribution in [0, 0.1) is 16.0 Å². The van der Waals surface area contributed by atoms with Gasteiger partial charge in [-0.25, -0.2) is 0 Å². The van der Waals surface area contributed by atoms with Crippen LogP contribution >= 0.6 is 0 Å². The van der Waals surface area contributed by atoms with Crippen LogP contribution in [-0.2, 0) is 0 Å². The highest BCUT2D eigenvalue weighted by molar-refractivity contribution is 5.34. The molecule has 1 aromatic carbocycles. The Labute approximate surface area is 126 Å². The largest absolute Gasteiger partial charge is 0.314 e. The molecule has 0 unspecified atom stereocenters. The molecule has 0 radical (unpaired) electrons. The maximum atomic E-state index is 10.8. The normalized spacial score (nSPS) is 17.9. The van der Waals surface area contributed by atoms with Crippen LogP contribution in [0.5, 0.6) is 0 Å². The molecule has 1 fully saturated rings. The van der Waals surface area contributed by atoms with Gasteiger partial charge in [-0.05, 0) is 24.3 Å². The summed E-state index contributed by atoms with van der Waals surface area (Å²) in [5.74, 6) is 0.675. The van der Waals surface area contributed by atoms with Crippen molar-refractivity contribution in [3.05, 3.63) is 39.9 Å². The fourth-order valence-corrected chi connectivity index (χ4v) is 2.86. The van der Waals surface area contributed by atoms with Gasteiger partial charge in [-0.1, -0.05) is 26.0 Å². The minimum Gasteiger partial charge on any atom is -0.314 e. The van der Waals surface area contributed by atoms with Gasteiger partial charge in [-0.15, -0.1) is 0 Å². The maximum absolute atomic E-state index is 10.8. The van der Waals surface area contributed by atoms with Crippen LogP contribution in [0.3, 0.4) is 0 Å². The lowest BCUT2D eigenvalue weighted by Gasteiger charge is -2.35. The van der Waals surface area contributed by atoms with E-state index in [-0.39, 0.29) is 10.6 Å². The van der Waals surface area contributed by atoms with Crippen molar-refractivity contribution in [3.63, 3.8) is 0 Å². The molecule has 0 aliphatic carbocycles. The van der Waals surface area contributed by atoms with E-state index in [0.717, 1.165) is 32.6 Å². The Bertz CT molecular complexity index is 453. The molecule has 1 atom stereocenters. The summed E-state index contributed by atoms with van der Waals surface area (Å²) in [7, 11) is 0. The van der Waals surface area contributed by atoms with Gasteiger partial charge in [0.05, 0.1) is 4.92 Å². The van der Waals surface area contributed by atoms with E-state index in [2.05, 4.69) is 24.1 Å². The van der Waals surface area contributed by atoms with Gasteiger partial charge in [0, 0.05) is 44.4 Å². The van der Waals surface area contributed by atoms with Crippen molar-refractivity contribution in [3.8, 4) is 0 Å². The van der Waals surface area contributed by atoms with Crippen molar-refractivity contribution in [2.75, 3.05) is 26.2 Å². The highest BCUT2D eigenvalue weighted by atomic mass is 16.6. The molecule has 21 heavy (non-hydrogen) atoms. The first-order valence-electron chi connectivity index (χ1n) is 7.77. The molecule has 5 nitrogen and oxygen atoms in total. The summed E-state index contributed by atoms with van der Waals surface area (Å²) in [5, 5.41) is 14.2. The number of nitrogens with one attached hydrogen (secondary N) is 1. The summed E-state index contributed by atoms with van der Waals surface area (Å²) in [6, 6.07) is 7.46. The number of non-ortho nitro benzene ring substituents is 1. The summed E-state index contributed by atoms with van der Waals surface area (Å²) in [6.45, 7) is 8.60. The molecule has 0 aromatic heterocycles. The SMILES string of the molecule is CC(C)CC[C@@H](c1ccc([N+](=O)[O-])cc1)N1CCNCC1. The number of hydrogen-bond donors (Lipinski definition) is 1. The summed E-state index contributed by atoms with van der Waals surface area (Å²) < 4.78 is 0. The van der Waals surface area contributed by atoms with Crippen LogP contribution in [0.25, 0.3) is 0 Å². The molecular weight excluding hydrogens is 266 g/mol. The topological polar surface area (TPSA) is 58.4 Å². The quantitative estimate of drug-likeness (QED) is 0.646. The maximum Gasteiger partial charge on any atom is 0.269 e. The second-order valence-electron chi connectivity index (χ2n) is 6.12. The first-order valence-corrected chi connectivity index (χ1v) is 7.77. The number of nitrogens with zero attached hydrogens (tertiary/aromatic N) is 2. The Morgan fingerprint density at radius 1 is 1.19 bits per heavy atom. The molecule has 0 spiro atoms. The van der Waals surface area contributed by atoms with Gasteiger partial charge in [0.25, 0.3) is 5.69 Å². The Hall–Kier alpha value is -1.46. The number of nitro groups is 1. The zero-order valence-corrected chi connectivity index (χ0v) is 12.9. The third-order valence-electron chi connectivity index (χ3n) is 4.10. The Morgan fingerprint density at radius 3 is 2.33 bits per heavy atom. The molecule has 1 saturated heterocycles. The second-order valence-corrected chi connectivity index (χ2v) is 6.12. The van der Waals surface area contributed by atoms with E-state index >= 15 is 0 Å². The molecule has 0 amide bonds. The van der Waals surface area contributed by atoms with Crippen molar-refractivity contribution < 1.29 is 4.92 Å². The predicted octanol–water partition coefficient (Wildman–Crippen LogP) is 2.98. The van der Waals surface area contributed by atoms with Crippen molar-refractivity contribution in [1.29, 1.82) is 0 Å². The van der Waals surface area contributed by atoms with Gasteiger partial charge >= 0.3 is 0 Å². The van der Waals surface area contributed by atoms with Crippen LogP contribution in [0.2, 0.25) is 0 Å². The van der Waals surface area contributed by atoms with Crippen molar-refractivity contribution in [1.82, 2.24) is 10.2 Å². The lowest BCUT2D eigenvalue weighted by Crippen LogP contribution is -2.45. The van der Waals surface area contributed by atoms with Crippen LogP contribution in [0.1, 0.15) is 38.3 Å². The van der Waals surface area contributed by atoms with Crippen LogP contribution in [-0.4, -0.2) is 36.0 Å². The van der Waals surface area contributed by atoms with E-state index in [9.17, 15) is 10.1 Å². The van der Waals surface area contributed by atoms with Crippen molar-refractivity contribution >= 4 is 5.69 Å². The molecule has 1 N–H and O–H groups in total. The van der Waals surface area contributed by atoms with Crippen LogP contribution < -0.4 is 5.32 Å². The molecular formula is C16H25N3O2. The monoisotopic (exact) mass is 291 g/mol. The van der Waals surface area contributed by atoms with Gasteiger partial charge in [0.2, 0.25) is 0 Å². The minimum absolute atomic E-state index is 0.168. The van der Waals surface area contributed by atoms with Crippen LogP contribution in [0.15, 0.2) is 24.3 Å². The molecule has 1 aliphatic heterocycles. The highest BCUT2D eigenvalue weighted by Crippen LogP contribution is 2.29. The zero-order valence-electron chi connectivity index (χ0n) is 12.9. The summed E-state index contributed by atoms with van der Waals surface area (Å²) >= 11 is 0. The third kappa shape index (κ3) is 4.51. The van der Waals surface area contributed by atoms with E-state index in [1.54, 1.807) is 12.1 Å². The number of benzene rings is 1. The molecule has 2 rings (SSSR count). The van der Waals surface area contributed by atoms with E-state index in [0.29, 0.717) is 12.0 Å². The fourth-order valence-electron chi connectivity index (χ4n) is 2.86. The molecule has 1 heterocycles. The first kappa shape index (κ1) is 15.9. The standard InChI is InChI=1S/C16H25N3O2/c1-13(2)3-8-16(18-11-9-17-10-12-18)14-4-6-15(7-5-14)19(20)21/h4-7,13,16-17H,3,8-12H2,1-2H3/t16-/m0/s1. The van der Waals surface area contributed by atoms with E-state index < -0.39 is 0 Å². The van der Waals surface area contributed by atoms with Gasteiger partial charge < -0.3 is 5.32 Å². The first-order chi connectivity index (χ1) is 10.1. The number of hydrogen-bond acceptors (Lipinski definition) is 4. The Kier molecular flexibility index (Phi) is 5.70. The summed E-state index contributed by atoms with van der Waals surface area (Å²) in [4.78, 5) is 13.0. The van der Waals surface area contributed by atoms with Crippen LogP contribution in [0.4, 0.5) is 5.69 Å². The molecule has 0 bridgehead atoms. The Balaban J connectivity index is 2.14. The van der Waals surface area contributed by atoms with Gasteiger partial charge in [-0.2, -0.15) is 0 Å². The average Bonchev–Trinajstić information content (AvgIpc) is 2.49. The molecule has 0 saturated carbocycles. The summed E-state index contributed by atoms with van der Waals surface area (Å²) in [6.07, 6.45) is 2.28.